The van der Waals surface area contributed by atoms with E-state index in [0.29, 0.717) is 0 Å². The highest BCUT2D eigenvalue weighted by atomic mass is 127. The van der Waals surface area contributed by atoms with E-state index in [2.05, 4.69) is 51.9 Å². The molecule has 0 aliphatic carbocycles. The first-order valence-electron chi connectivity index (χ1n) is 5.25. The fourth-order valence-corrected chi connectivity index (χ4v) is 3.34. The molecule has 1 aromatic carbocycles. The predicted molar refractivity (Wildman–Crippen MR) is 70.2 cm³/mol. The maximum absolute atomic E-state index is 5.85. The van der Waals surface area contributed by atoms with E-state index in [1.807, 2.05) is 12.3 Å². The second-order valence-corrected chi connectivity index (χ2v) is 5.29. The summed E-state index contributed by atoms with van der Waals surface area (Å²) in [7, 11) is 0. The first kappa shape index (κ1) is 9.13. The number of hydrogen-bond acceptors (Lipinski definition) is 2. The lowest BCUT2D eigenvalue weighted by molar-refractivity contribution is 0.0882. The van der Waals surface area contributed by atoms with Crippen LogP contribution in [-0.4, -0.2) is 4.98 Å². The summed E-state index contributed by atoms with van der Waals surface area (Å²) in [6.07, 6.45) is 6.40. The highest BCUT2D eigenvalue weighted by Crippen LogP contribution is 2.48. The zero-order chi connectivity index (χ0) is 10.7. The third kappa shape index (κ3) is 1.02. The Balaban J connectivity index is 2.18. The number of aromatic nitrogens is 1. The van der Waals surface area contributed by atoms with Gasteiger partial charge in [0.2, 0.25) is 0 Å². The van der Waals surface area contributed by atoms with Crippen LogP contribution in [0.1, 0.15) is 23.3 Å². The molecule has 0 saturated heterocycles. The number of hydrogen-bond donors (Lipinski definition) is 0. The normalized spacial score (nSPS) is 25.3. The van der Waals surface area contributed by atoms with Gasteiger partial charge in [0.05, 0.1) is 5.52 Å². The van der Waals surface area contributed by atoms with Crippen molar-refractivity contribution in [2.24, 2.45) is 0 Å². The molecule has 0 amide bonds. The van der Waals surface area contributed by atoms with Crippen LogP contribution in [0.4, 0.5) is 0 Å². The van der Waals surface area contributed by atoms with E-state index in [4.69, 9.17) is 4.74 Å². The van der Waals surface area contributed by atoms with Crippen LogP contribution in [0.3, 0.4) is 0 Å². The minimum atomic E-state index is 0.120. The smallest absolute Gasteiger partial charge is 0.104 e. The summed E-state index contributed by atoms with van der Waals surface area (Å²) in [5.41, 5.74) is 3.66. The number of halogens is 1. The Morgan fingerprint density at radius 1 is 1.25 bits per heavy atom. The molecule has 1 aromatic heterocycles. The van der Waals surface area contributed by atoms with E-state index >= 15 is 0 Å². The minimum Gasteiger partial charge on any atom is -0.357 e. The van der Waals surface area contributed by atoms with Crippen molar-refractivity contribution in [1.82, 2.24) is 4.98 Å². The quantitative estimate of drug-likeness (QED) is 0.547. The van der Waals surface area contributed by atoms with E-state index in [1.165, 1.54) is 20.1 Å². The van der Waals surface area contributed by atoms with Crippen molar-refractivity contribution in [1.29, 1.82) is 0 Å². The van der Waals surface area contributed by atoms with E-state index < -0.39 is 0 Å². The lowest BCUT2D eigenvalue weighted by Crippen LogP contribution is -1.97. The van der Waals surface area contributed by atoms with E-state index in [1.54, 1.807) is 0 Å². The molecule has 78 valence electrons. The van der Waals surface area contributed by atoms with E-state index in [0.717, 1.165) is 5.52 Å². The average molecular weight is 321 g/mol. The molecule has 2 bridgehead atoms. The van der Waals surface area contributed by atoms with Gasteiger partial charge in [0.25, 0.3) is 0 Å². The van der Waals surface area contributed by atoms with Crippen molar-refractivity contribution < 1.29 is 4.74 Å². The average Bonchev–Trinajstić information content (AvgIpc) is 2.90. The molecule has 0 spiro atoms. The Kier molecular flexibility index (Phi) is 1.74. The monoisotopic (exact) mass is 321 g/mol. The first-order valence-corrected chi connectivity index (χ1v) is 6.33. The Hall–Kier alpha value is -0.940. The van der Waals surface area contributed by atoms with Crippen LogP contribution >= 0.6 is 22.6 Å². The van der Waals surface area contributed by atoms with Gasteiger partial charge in [-0.05, 0) is 40.3 Å². The van der Waals surface area contributed by atoms with Gasteiger partial charge in [0.1, 0.15) is 12.2 Å². The lowest BCUT2D eigenvalue weighted by atomic mass is 9.94. The number of nitrogens with zero attached hydrogens (tertiary/aromatic N) is 1. The Morgan fingerprint density at radius 3 is 3.06 bits per heavy atom. The summed E-state index contributed by atoms with van der Waals surface area (Å²) >= 11 is 2.37. The fraction of sp³-hybridized carbons (Fsp3) is 0.154. The number of ether oxygens (including phenoxy) is 1. The maximum atomic E-state index is 5.85. The van der Waals surface area contributed by atoms with Crippen molar-refractivity contribution in [2.75, 3.05) is 0 Å². The van der Waals surface area contributed by atoms with Gasteiger partial charge in [-0.25, -0.2) is 0 Å². The second kappa shape index (κ2) is 3.05. The topological polar surface area (TPSA) is 22.1 Å². The van der Waals surface area contributed by atoms with Gasteiger partial charge < -0.3 is 4.74 Å². The summed E-state index contributed by atoms with van der Waals surface area (Å²) < 4.78 is 7.11. The summed E-state index contributed by atoms with van der Waals surface area (Å²) in [5.74, 6) is 0. The van der Waals surface area contributed by atoms with Crippen LogP contribution in [0.2, 0.25) is 0 Å². The standard InChI is InChI=1S/C13H8INO/c14-9-6-8-10-3-4-11(16-10)12(8)13-7(9)2-1-5-15-13/h1-6,10-11H/t10-,11+/m1/s1. The SMILES string of the molecule is Ic1cc2c(c3ncccc13)[C@@H]1C=C[C@H]2O1. The molecular formula is C13H8INO. The van der Waals surface area contributed by atoms with Gasteiger partial charge in [-0.15, -0.1) is 0 Å². The lowest BCUT2D eigenvalue weighted by Gasteiger charge is -2.11. The minimum absolute atomic E-state index is 0.120. The van der Waals surface area contributed by atoms with Crippen molar-refractivity contribution in [2.45, 2.75) is 12.2 Å². The van der Waals surface area contributed by atoms with Gasteiger partial charge in [-0.2, -0.15) is 0 Å². The number of pyridine rings is 1. The molecule has 16 heavy (non-hydrogen) atoms. The highest BCUT2D eigenvalue weighted by Gasteiger charge is 2.35. The Labute approximate surface area is 106 Å². The fourth-order valence-electron chi connectivity index (χ4n) is 2.57. The summed E-state index contributed by atoms with van der Waals surface area (Å²) in [6, 6.07) is 6.34. The number of fused-ring (bicyclic) bond motifs is 7. The largest absolute Gasteiger partial charge is 0.357 e. The van der Waals surface area contributed by atoms with Crippen LogP contribution in [-0.2, 0) is 4.74 Å². The molecule has 3 heterocycles. The van der Waals surface area contributed by atoms with Crippen LogP contribution in [0, 0.1) is 3.57 Å². The molecule has 0 N–H and O–H groups in total. The highest BCUT2D eigenvalue weighted by molar-refractivity contribution is 14.1. The number of rotatable bonds is 0. The predicted octanol–water partition coefficient (Wildman–Crippen LogP) is 3.52. The zero-order valence-electron chi connectivity index (χ0n) is 8.35. The van der Waals surface area contributed by atoms with Gasteiger partial charge in [0.15, 0.2) is 0 Å². The summed E-state index contributed by atoms with van der Waals surface area (Å²) in [4.78, 5) is 4.51. The molecule has 0 radical (unpaired) electrons. The van der Waals surface area contributed by atoms with Crippen LogP contribution in [0.15, 0.2) is 36.5 Å². The molecule has 3 heteroatoms. The van der Waals surface area contributed by atoms with Crippen molar-refractivity contribution in [3.8, 4) is 0 Å². The first-order chi connectivity index (χ1) is 7.84. The molecule has 0 fully saturated rings. The molecular weight excluding hydrogens is 313 g/mol. The second-order valence-electron chi connectivity index (χ2n) is 4.12. The third-order valence-electron chi connectivity index (χ3n) is 3.26. The Morgan fingerprint density at radius 2 is 2.12 bits per heavy atom. The molecule has 0 unspecified atom stereocenters. The molecule has 2 aliphatic rings. The molecule has 0 saturated carbocycles. The van der Waals surface area contributed by atoms with Gasteiger partial charge in [-0.1, -0.05) is 18.2 Å². The Bertz CT molecular complexity index is 635. The zero-order valence-corrected chi connectivity index (χ0v) is 10.5. The molecule has 4 rings (SSSR count). The molecule has 2 atom stereocenters. The van der Waals surface area contributed by atoms with Crippen molar-refractivity contribution >= 4 is 33.5 Å². The summed E-state index contributed by atoms with van der Waals surface area (Å²) in [5, 5.41) is 1.23. The van der Waals surface area contributed by atoms with Crippen LogP contribution in [0.5, 0.6) is 0 Å². The van der Waals surface area contributed by atoms with E-state index in [9.17, 15) is 0 Å². The summed E-state index contributed by atoms with van der Waals surface area (Å²) in [6.45, 7) is 0. The number of benzene rings is 1. The van der Waals surface area contributed by atoms with Gasteiger partial charge in [0, 0.05) is 20.7 Å². The van der Waals surface area contributed by atoms with Crippen molar-refractivity contribution in [3.05, 3.63) is 51.2 Å². The van der Waals surface area contributed by atoms with E-state index in [-0.39, 0.29) is 12.2 Å². The van der Waals surface area contributed by atoms with Crippen molar-refractivity contribution in [3.63, 3.8) is 0 Å². The molecule has 2 nitrogen and oxygen atoms in total. The van der Waals surface area contributed by atoms with Gasteiger partial charge in [-0.3, -0.25) is 4.98 Å². The molecule has 2 aromatic rings. The van der Waals surface area contributed by atoms with Gasteiger partial charge >= 0.3 is 0 Å². The molecule has 2 aliphatic heterocycles. The third-order valence-corrected chi connectivity index (χ3v) is 4.15. The maximum Gasteiger partial charge on any atom is 0.104 e. The van der Waals surface area contributed by atoms with Crippen LogP contribution in [0.25, 0.3) is 10.9 Å². The van der Waals surface area contributed by atoms with Crippen LogP contribution < -0.4 is 0 Å².